The van der Waals surface area contributed by atoms with Gasteiger partial charge in [-0.25, -0.2) is 4.79 Å². The van der Waals surface area contributed by atoms with E-state index < -0.39 is 12.0 Å². The lowest BCUT2D eigenvalue weighted by atomic mass is 10.0. The topological polar surface area (TPSA) is 78.4 Å². The molecule has 1 heterocycles. The highest BCUT2D eigenvalue weighted by molar-refractivity contribution is 5.85. The predicted molar refractivity (Wildman–Crippen MR) is 60.0 cm³/mol. The van der Waals surface area contributed by atoms with Crippen molar-refractivity contribution < 1.29 is 14.7 Å². The third kappa shape index (κ3) is 3.20. The first-order valence-electron chi connectivity index (χ1n) is 5.82. The average Bonchev–Trinajstić information content (AvgIpc) is 2.63. The molecule has 1 aliphatic heterocycles. The quantitative estimate of drug-likeness (QED) is 0.634. The van der Waals surface area contributed by atoms with E-state index in [0.29, 0.717) is 6.42 Å². The monoisotopic (exact) mass is 228 g/mol. The van der Waals surface area contributed by atoms with Crippen LogP contribution in [-0.2, 0) is 9.59 Å². The summed E-state index contributed by atoms with van der Waals surface area (Å²) in [7, 11) is 0. The molecule has 1 rings (SSSR count). The number of hydrogen-bond acceptors (Lipinski definition) is 3. The molecule has 0 saturated carbocycles. The second kappa shape index (κ2) is 5.84. The number of aliphatic carboxylic acids is 1. The molecule has 1 aliphatic rings. The second-order valence-electron chi connectivity index (χ2n) is 4.33. The van der Waals surface area contributed by atoms with Crippen molar-refractivity contribution in [3.8, 4) is 0 Å². The van der Waals surface area contributed by atoms with Crippen molar-refractivity contribution in [1.29, 1.82) is 0 Å². The Morgan fingerprint density at radius 2 is 2.25 bits per heavy atom. The molecule has 1 saturated heterocycles. The van der Waals surface area contributed by atoms with Gasteiger partial charge in [0.15, 0.2) is 0 Å². The summed E-state index contributed by atoms with van der Waals surface area (Å²) in [6.45, 7) is 4.68. The van der Waals surface area contributed by atoms with Gasteiger partial charge < -0.3 is 15.7 Å². The van der Waals surface area contributed by atoms with Gasteiger partial charge in [-0.3, -0.25) is 4.79 Å². The van der Waals surface area contributed by atoms with Crippen molar-refractivity contribution in [1.82, 2.24) is 10.6 Å². The van der Waals surface area contributed by atoms with Crippen molar-refractivity contribution in [2.75, 3.05) is 6.54 Å². The van der Waals surface area contributed by atoms with Crippen LogP contribution in [0.1, 0.15) is 33.1 Å². The van der Waals surface area contributed by atoms with E-state index >= 15 is 0 Å². The van der Waals surface area contributed by atoms with E-state index in [9.17, 15) is 9.59 Å². The smallest absolute Gasteiger partial charge is 0.326 e. The number of rotatable bonds is 5. The molecular formula is C11H20N2O3. The van der Waals surface area contributed by atoms with E-state index in [4.69, 9.17) is 5.11 Å². The molecule has 0 radical (unpaired) electrons. The zero-order valence-corrected chi connectivity index (χ0v) is 9.82. The minimum atomic E-state index is -0.950. The first-order chi connectivity index (χ1) is 7.56. The maximum atomic E-state index is 11.8. The third-order valence-electron chi connectivity index (χ3n) is 3.05. The molecule has 0 aromatic carbocycles. The summed E-state index contributed by atoms with van der Waals surface area (Å²) < 4.78 is 0. The summed E-state index contributed by atoms with van der Waals surface area (Å²) >= 11 is 0. The van der Waals surface area contributed by atoms with Gasteiger partial charge in [-0.2, -0.15) is 0 Å². The van der Waals surface area contributed by atoms with Crippen LogP contribution in [0.4, 0.5) is 0 Å². The molecule has 0 bridgehead atoms. The van der Waals surface area contributed by atoms with Gasteiger partial charge in [-0.05, 0) is 26.3 Å². The Morgan fingerprint density at radius 1 is 1.56 bits per heavy atom. The summed E-state index contributed by atoms with van der Waals surface area (Å²) in [5, 5.41) is 14.7. The number of carboxylic acid groups (broad SMARTS) is 1. The van der Waals surface area contributed by atoms with Crippen LogP contribution in [0.25, 0.3) is 0 Å². The Labute approximate surface area is 95.6 Å². The number of hydrogen-bond donors (Lipinski definition) is 3. The highest BCUT2D eigenvalue weighted by Crippen LogP contribution is 2.15. The second-order valence-corrected chi connectivity index (χ2v) is 4.33. The van der Waals surface area contributed by atoms with Crippen LogP contribution in [0.2, 0.25) is 0 Å². The standard InChI is InChI=1S/C11H20N2O3/c1-3-4-9(11(15)16)13-10(14)8-5-6-12-7(8)2/h7-9,12H,3-6H2,1-2H3,(H,13,14)(H,15,16). The number of carbonyl (C=O) groups is 2. The van der Waals surface area contributed by atoms with Crippen LogP contribution >= 0.6 is 0 Å². The number of carbonyl (C=O) groups excluding carboxylic acids is 1. The molecule has 1 fully saturated rings. The third-order valence-corrected chi connectivity index (χ3v) is 3.05. The molecule has 0 aliphatic carbocycles. The van der Waals surface area contributed by atoms with Crippen molar-refractivity contribution in [3.05, 3.63) is 0 Å². The summed E-state index contributed by atoms with van der Waals surface area (Å²) in [5.74, 6) is -1.19. The molecule has 0 aromatic heterocycles. The Bertz CT molecular complexity index is 268. The molecular weight excluding hydrogens is 208 g/mol. The fourth-order valence-electron chi connectivity index (χ4n) is 2.04. The van der Waals surface area contributed by atoms with Gasteiger partial charge in [0, 0.05) is 6.04 Å². The van der Waals surface area contributed by atoms with Crippen LogP contribution in [0.5, 0.6) is 0 Å². The fraction of sp³-hybridized carbons (Fsp3) is 0.818. The Balaban J connectivity index is 2.50. The van der Waals surface area contributed by atoms with Gasteiger partial charge in [0.25, 0.3) is 0 Å². The van der Waals surface area contributed by atoms with Crippen LogP contribution < -0.4 is 10.6 Å². The Kier molecular flexibility index (Phi) is 4.73. The van der Waals surface area contributed by atoms with Crippen LogP contribution in [-0.4, -0.2) is 35.6 Å². The average molecular weight is 228 g/mol. The zero-order chi connectivity index (χ0) is 12.1. The van der Waals surface area contributed by atoms with E-state index in [1.54, 1.807) is 0 Å². The number of carboxylic acids is 1. The highest BCUT2D eigenvalue weighted by atomic mass is 16.4. The van der Waals surface area contributed by atoms with Crippen LogP contribution in [0.15, 0.2) is 0 Å². The summed E-state index contributed by atoms with van der Waals surface area (Å²) in [5.41, 5.74) is 0. The molecule has 0 aromatic rings. The van der Waals surface area contributed by atoms with Gasteiger partial charge in [0.05, 0.1) is 5.92 Å². The number of amides is 1. The summed E-state index contributed by atoms with van der Waals surface area (Å²) in [6.07, 6.45) is 2.01. The Morgan fingerprint density at radius 3 is 2.69 bits per heavy atom. The van der Waals surface area contributed by atoms with Crippen molar-refractivity contribution in [2.45, 2.75) is 45.2 Å². The van der Waals surface area contributed by atoms with Gasteiger partial charge in [-0.1, -0.05) is 13.3 Å². The van der Waals surface area contributed by atoms with Crippen molar-refractivity contribution >= 4 is 11.9 Å². The summed E-state index contributed by atoms with van der Waals surface area (Å²) in [4.78, 5) is 22.7. The molecule has 1 amide bonds. The molecule has 3 N–H and O–H groups in total. The largest absolute Gasteiger partial charge is 0.480 e. The van der Waals surface area contributed by atoms with E-state index in [2.05, 4.69) is 10.6 Å². The minimum absolute atomic E-state index is 0.0984. The van der Waals surface area contributed by atoms with Gasteiger partial charge in [0.1, 0.15) is 6.04 Å². The molecule has 16 heavy (non-hydrogen) atoms. The van der Waals surface area contributed by atoms with Crippen molar-refractivity contribution in [3.63, 3.8) is 0 Å². The lowest BCUT2D eigenvalue weighted by molar-refractivity contribution is -0.142. The first kappa shape index (κ1) is 13.0. The van der Waals surface area contributed by atoms with Gasteiger partial charge in [-0.15, -0.1) is 0 Å². The van der Waals surface area contributed by atoms with Crippen LogP contribution in [0, 0.1) is 5.92 Å². The molecule has 92 valence electrons. The molecule has 5 nitrogen and oxygen atoms in total. The van der Waals surface area contributed by atoms with E-state index in [0.717, 1.165) is 19.4 Å². The van der Waals surface area contributed by atoms with E-state index in [-0.39, 0.29) is 17.9 Å². The maximum absolute atomic E-state index is 11.8. The van der Waals surface area contributed by atoms with E-state index in [1.807, 2.05) is 13.8 Å². The van der Waals surface area contributed by atoms with Gasteiger partial charge >= 0.3 is 5.97 Å². The zero-order valence-electron chi connectivity index (χ0n) is 9.82. The van der Waals surface area contributed by atoms with Crippen LogP contribution in [0.3, 0.4) is 0 Å². The normalized spacial score (nSPS) is 26.4. The fourth-order valence-corrected chi connectivity index (χ4v) is 2.04. The lowest BCUT2D eigenvalue weighted by Crippen LogP contribution is -2.45. The lowest BCUT2D eigenvalue weighted by Gasteiger charge is -2.19. The van der Waals surface area contributed by atoms with Gasteiger partial charge in [0.2, 0.25) is 5.91 Å². The van der Waals surface area contributed by atoms with E-state index in [1.165, 1.54) is 0 Å². The minimum Gasteiger partial charge on any atom is -0.480 e. The molecule has 3 unspecified atom stereocenters. The SMILES string of the molecule is CCCC(NC(=O)C1CCNC1C)C(=O)O. The molecule has 0 spiro atoms. The first-order valence-corrected chi connectivity index (χ1v) is 5.82. The highest BCUT2D eigenvalue weighted by Gasteiger charge is 2.31. The Hall–Kier alpha value is -1.10. The molecule has 5 heteroatoms. The maximum Gasteiger partial charge on any atom is 0.326 e. The predicted octanol–water partition coefficient (Wildman–Crippen LogP) is 0.354. The summed E-state index contributed by atoms with van der Waals surface area (Å²) in [6, 6.07) is -0.610. The molecule has 3 atom stereocenters. The van der Waals surface area contributed by atoms with Crippen molar-refractivity contribution in [2.24, 2.45) is 5.92 Å². The number of nitrogens with one attached hydrogen (secondary N) is 2.